The van der Waals surface area contributed by atoms with E-state index in [1.54, 1.807) is 4.68 Å². The van der Waals surface area contributed by atoms with Crippen LogP contribution in [-0.4, -0.2) is 15.0 Å². The van der Waals surface area contributed by atoms with Gasteiger partial charge in [-0.05, 0) is 12.1 Å². The summed E-state index contributed by atoms with van der Waals surface area (Å²) in [6, 6.07) is 9.68. The van der Waals surface area contributed by atoms with E-state index in [0.717, 1.165) is 5.69 Å². The maximum Gasteiger partial charge on any atom is 0.145 e. The van der Waals surface area contributed by atoms with Crippen LogP contribution in [0.25, 0.3) is 5.69 Å². The van der Waals surface area contributed by atoms with Crippen LogP contribution >= 0.6 is 0 Å². The van der Waals surface area contributed by atoms with Crippen LogP contribution in [0.1, 0.15) is 0 Å². The Bertz CT molecular complexity index is 312. The van der Waals surface area contributed by atoms with Gasteiger partial charge >= 0.3 is 0 Å². The van der Waals surface area contributed by atoms with Crippen molar-refractivity contribution in [3.8, 4) is 5.69 Å². The van der Waals surface area contributed by atoms with Gasteiger partial charge in [0.15, 0.2) is 0 Å². The Balaban J connectivity index is 2.46. The summed E-state index contributed by atoms with van der Waals surface area (Å²) in [4.78, 5) is 0. The number of aromatic nitrogens is 3. The molecule has 1 aromatic heterocycles. The van der Waals surface area contributed by atoms with Crippen molar-refractivity contribution in [2.75, 3.05) is 0 Å². The molecule has 2 radical (unpaired) electrons. The van der Waals surface area contributed by atoms with Crippen LogP contribution in [0.15, 0.2) is 30.3 Å². The van der Waals surface area contributed by atoms with Crippen LogP contribution in [0.3, 0.4) is 0 Å². The highest BCUT2D eigenvalue weighted by molar-refractivity contribution is 5.28. The molecule has 3 heteroatoms. The first-order valence-electron chi connectivity index (χ1n) is 3.23. The molecule has 2 aromatic rings. The van der Waals surface area contributed by atoms with Gasteiger partial charge in [-0.1, -0.05) is 23.4 Å². The summed E-state index contributed by atoms with van der Waals surface area (Å²) in [6.07, 6.45) is 5.23. The van der Waals surface area contributed by atoms with Crippen LogP contribution in [0.4, 0.5) is 0 Å². The van der Waals surface area contributed by atoms with Gasteiger partial charge in [-0.3, -0.25) is 0 Å². The number of nitrogens with zero attached hydrogens (tertiary/aromatic N) is 3. The lowest BCUT2D eigenvalue weighted by molar-refractivity contribution is 0.799. The second kappa shape index (κ2) is 2.54. The minimum absolute atomic E-state index is 0.946. The number of rotatable bonds is 1. The zero-order valence-electron chi connectivity index (χ0n) is 5.73. The molecule has 11 heavy (non-hydrogen) atoms. The Labute approximate surface area is 64.3 Å². The minimum Gasteiger partial charge on any atom is -0.210 e. The lowest BCUT2D eigenvalue weighted by atomic mass is 10.3. The van der Waals surface area contributed by atoms with Crippen molar-refractivity contribution in [2.45, 2.75) is 0 Å². The molecule has 0 atom stereocenters. The molecule has 0 saturated carbocycles. The van der Waals surface area contributed by atoms with Crippen LogP contribution in [0.2, 0.25) is 0 Å². The number of hydrogen-bond donors (Lipinski definition) is 0. The highest BCUT2D eigenvalue weighted by Gasteiger charge is 1.93. The van der Waals surface area contributed by atoms with Gasteiger partial charge in [-0.15, -0.1) is 5.10 Å². The van der Waals surface area contributed by atoms with Crippen molar-refractivity contribution in [3.05, 3.63) is 42.7 Å². The Morgan fingerprint density at radius 3 is 2.64 bits per heavy atom. The van der Waals surface area contributed by atoms with Crippen LogP contribution in [0.5, 0.6) is 0 Å². The van der Waals surface area contributed by atoms with Gasteiger partial charge in [0.1, 0.15) is 12.4 Å². The molecule has 2 rings (SSSR count). The third kappa shape index (κ3) is 1.12. The summed E-state index contributed by atoms with van der Waals surface area (Å²) in [5.74, 6) is 0. The van der Waals surface area contributed by atoms with Crippen molar-refractivity contribution in [3.63, 3.8) is 0 Å². The molecule has 0 spiro atoms. The molecule has 0 fully saturated rings. The molecular weight excluding hydrogens is 138 g/mol. The Morgan fingerprint density at radius 1 is 1.18 bits per heavy atom. The fraction of sp³-hybridized carbons (Fsp3) is 0. The van der Waals surface area contributed by atoms with Crippen molar-refractivity contribution in [1.82, 2.24) is 15.0 Å². The topological polar surface area (TPSA) is 30.7 Å². The van der Waals surface area contributed by atoms with Crippen LogP contribution in [-0.2, 0) is 0 Å². The molecule has 0 aliphatic rings. The SMILES string of the molecule is [c]1[c]n(-c2ccccc2)nn1. The Kier molecular flexibility index (Phi) is 1.41. The summed E-state index contributed by atoms with van der Waals surface area (Å²) >= 11 is 0. The smallest absolute Gasteiger partial charge is 0.145 e. The van der Waals surface area contributed by atoms with Crippen LogP contribution in [0, 0.1) is 12.4 Å². The molecule has 0 aliphatic carbocycles. The van der Waals surface area contributed by atoms with E-state index in [1.165, 1.54) is 0 Å². The first kappa shape index (κ1) is 6.09. The van der Waals surface area contributed by atoms with E-state index in [4.69, 9.17) is 0 Å². The molecule has 1 aromatic carbocycles. The third-order valence-electron chi connectivity index (χ3n) is 1.34. The summed E-state index contributed by atoms with van der Waals surface area (Å²) in [6.45, 7) is 0. The Morgan fingerprint density at radius 2 is 2.00 bits per heavy atom. The number of hydrogen-bond acceptors (Lipinski definition) is 2. The minimum atomic E-state index is 0.946. The van der Waals surface area contributed by atoms with Gasteiger partial charge in [-0.2, -0.15) is 0 Å². The van der Waals surface area contributed by atoms with Gasteiger partial charge in [0.05, 0.1) is 5.69 Å². The molecule has 1 heterocycles. The zero-order valence-corrected chi connectivity index (χ0v) is 5.73. The first-order chi connectivity index (χ1) is 5.47. The second-order valence-corrected chi connectivity index (χ2v) is 2.06. The molecular formula is C8H5N3. The molecule has 52 valence electrons. The van der Waals surface area contributed by atoms with E-state index >= 15 is 0 Å². The lowest BCUT2D eigenvalue weighted by Crippen LogP contribution is -1.93. The zero-order chi connectivity index (χ0) is 7.52. The normalized spacial score (nSPS) is 9.82. The van der Waals surface area contributed by atoms with Crippen molar-refractivity contribution in [1.29, 1.82) is 0 Å². The molecule has 0 N–H and O–H groups in total. The molecule has 0 unspecified atom stereocenters. The fourth-order valence-corrected chi connectivity index (χ4v) is 0.845. The lowest BCUT2D eigenvalue weighted by Gasteiger charge is -1.95. The van der Waals surface area contributed by atoms with E-state index in [1.807, 2.05) is 30.3 Å². The first-order valence-corrected chi connectivity index (χ1v) is 3.23. The molecule has 3 nitrogen and oxygen atoms in total. The molecule has 0 amide bonds. The molecule has 0 saturated heterocycles. The highest BCUT2D eigenvalue weighted by atomic mass is 15.4. The monoisotopic (exact) mass is 143 g/mol. The maximum atomic E-state index is 3.74. The average molecular weight is 143 g/mol. The highest BCUT2D eigenvalue weighted by Crippen LogP contribution is 2.01. The van der Waals surface area contributed by atoms with E-state index < -0.39 is 0 Å². The average Bonchev–Trinajstić information content (AvgIpc) is 2.58. The van der Waals surface area contributed by atoms with Crippen molar-refractivity contribution in [2.24, 2.45) is 0 Å². The van der Waals surface area contributed by atoms with Crippen molar-refractivity contribution < 1.29 is 0 Å². The predicted molar refractivity (Wildman–Crippen MR) is 39.0 cm³/mol. The van der Waals surface area contributed by atoms with Gasteiger partial charge in [0.25, 0.3) is 0 Å². The molecule has 0 aliphatic heterocycles. The van der Waals surface area contributed by atoms with E-state index in [-0.39, 0.29) is 0 Å². The van der Waals surface area contributed by atoms with E-state index in [2.05, 4.69) is 22.7 Å². The summed E-state index contributed by atoms with van der Waals surface area (Å²) in [7, 11) is 0. The predicted octanol–water partition coefficient (Wildman–Crippen LogP) is 0.868. The van der Waals surface area contributed by atoms with Gasteiger partial charge in [-0.25, -0.2) is 4.68 Å². The second-order valence-electron chi connectivity index (χ2n) is 2.06. The van der Waals surface area contributed by atoms with Crippen molar-refractivity contribution >= 4 is 0 Å². The number of para-hydroxylation sites is 1. The largest absolute Gasteiger partial charge is 0.210 e. The summed E-state index contributed by atoms with van der Waals surface area (Å²) < 4.78 is 1.54. The summed E-state index contributed by atoms with van der Waals surface area (Å²) in [5.41, 5.74) is 0.946. The molecule has 0 bridgehead atoms. The van der Waals surface area contributed by atoms with E-state index in [0.29, 0.717) is 0 Å². The van der Waals surface area contributed by atoms with Gasteiger partial charge in [0, 0.05) is 0 Å². The number of benzene rings is 1. The van der Waals surface area contributed by atoms with Gasteiger partial charge < -0.3 is 0 Å². The summed E-state index contributed by atoms with van der Waals surface area (Å²) in [5, 5.41) is 7.27. The van der Waals surface area contributed by atoms with Gasteiger partial charge in [0.2, 0.25) is 0 Å². The van der Waals surface area contributed by atoms with Crippen LogP contribution < -0.4 is 0 Å². The maximum absolute atomic E-state index is 3.74. The fourth-order valence-electron chi connectivity index (χ4n) is 0.845. The standard InChI is InChI=1S/C8H5N3/c1-2-4-8(5-3-1)11-7-6-9-10-11/h1-5H. The quantitative estimate of drug-likeness (QED) is 0.593. The van der Waals surface area contributed by atoms with E-state index in [9.17, 15) is 0 Å². The third-order valence-corrected chi connectivity index (χ3v) is 1.34. The Hall–Kier alpha value is -1.64.